The topological polar surface area (TPSA) is 90.7 Å². The SMILES string of the molecule is CC(C)OC(=O)OCC(C)(C)c1ncc(C(=O)O)n1[C@H](C)c1ccccc1. The lowest BCUT2D eigenvalue weighted by atomic mass is 9.92. The molecule has 0 aliphatic rings. The molecular formula is C20H26N2O5. The van der Waals surface area contributed by atoms with E-state index in [0.717, 1.165) is 5.56 Å². The van der Waals surface area contributed by atoms with Gasteiger partial charge < -0.3 is 19.1 Å². The fraction of sp³-hybridized carbons (Fsp3) is 0.450. The number of carboxylic acids is 1. The molecule has 0 aliphatic carbocycles. The molecule has 1 aromatic heterocycles. The molecule has 0 spiro atoms. The van der Waals surface area contributed by atoms with Crippen LogP contribution in [-0.4, -0.2) is 39.5 Å². The second kappa shape index (κ2) is 8.24. The molecule has 7 heteroatoms. The number of carbonyl (C=O) groups is 2. The Kier molecular flexibility index (Phi) is 6.25. The highest BCUT2D eigenvalue weighted by atomic mass is 16.7. The van der Waals surface area contributed by atoms with Crippen LogP contribution in [0.5, 0.6) is 0 Å². The average molecular weight is 374 g/mol. The van der Waals surface area contributed by atoms with E-state index in [-0.39, 0.29) is 24.4 Å². The van der Waals surface area contributed by atoms with E-state index in [4.69, 9.17) is 9.47 Å². The normalized spacial score (nSPS) is 12.7. The van der Waals surface area contributed by atoms with Crippen molar-refractivity contribution in [1.29, 1.82) is 0 Å². The molecule has 0 saturated heterocycles. The van der Waals surface area contributed by atoms with Crippen LogP contribution in [0, 0.1) is 0 Å². The summed E-state index contributed by atoms with van der Waals surface area (Å²) in [5, 5.41) is 9.59. The lowest BCUT2D eigenvalue weighted by Crippen LogP contribution is -2.32. The molecule has 146 valence electrons. The molecule has 0 amide bonds. The summed E-state index contributed by atoms with van der Waals surface area (Å²) in [6.07, 6.45) is 0.302. The highest BCUT2D eigenvalue weighted by molar-refractivity contribution is 5.85. The van der Waals surface area contributed by atoms with Gasteiger partial charge in [-0.15, -0.1) is 0 Å². The van der Waals surface area contributed by atoms with Crippen LogP contribution in [0.2, 0.25) is 0 Å². The summed E-state index contributed by atoms with van der Waals surface area (Å²) in [4.78, 5) is 27.8. The third kappa shape index (κ3) is 4.87. The highest BCUT2D eigenvalue weighted by Crippen LogP contribution is 2.30. The van der Waals surface area contributed by atoms with Crippen molar-refractivity contribution in [2.24, 2.45) is 0 Å². The zero-order valence-corrected chi connectivity index (χ0v) is 16.3. The van der Waals surface area contributed by atoms with Crippen LogP contribution in [0.1, 0.15) is 62.5 Å². The number of carboxylic acid groups (broad SMARTS) is 1. The van der Waals surface area contributed by atoms with Crippen molar-refractivity contribution in [2.75, 3.05) is 6.61 Å². The van der Waals surface area contributed by atoms with E-state index in [2.05, 4.69) is 4.98 Å². The van der Waals surface area contributed by atoms with Crippen molar-refractivity contribution in [3.8, 4) is 0 Å². The number of aromatic carboxylic acids is 1. The molecule has 0 saturated carbocycles. The zero-order valence-electron chi connectivity index (χ0n) is 16.3. The Labute approximate surface area is 158 Å². The second-order valence-electron chi connectivity index (χ2n) is 7.32. The number of aromatic nitrogens is 2. The molecule has 2 rings (SSSR count). The van der Waals surface area contributed by atoms with Crippen LogP contribution < -0.4 is 0 Å². The first-order valence-electron chi connectivity index (χ1n) is 8.83. The molecule has 0 fully saturated rings. The van der Waals surface area contributed by atoms with Gasteiger partial charge in [0.1, 0.15) is 18.1 Å². The van der Waals surface area contributed by atoms with Gasteiger partial charge in [0.05, 0.1) is 23.8 Å². The Hall–Kier alpha value is -2.83. The van der Waals surface area contributed by atoms with Crippen LogP contribution in [0.3, 0.4) is 0 Å². The lowest BCUT2D eigenvalue weighted by Gasteiger charge is -2.28. The van der Waals surface area contributed by atoms with Crippen molar-refractivity contribution < 1.29 is 24.2 Å². The Balaban J connectivity index is 2.36. The van der Waals surface area contributed by atoms with E-state index in [1.165, 1.54) is 6.20 Å². The van der Waals surface area contributed by atoms with Crippen molar-refractivity contribution in [1.82, 2.24) is 9.55 Å². The Morgan fingerprint density at radius 3 is 2.37 bits per heavy atom. The van der Waals surface area contributed by atoms with E-state index < -0.39 is 17.5 Å². The van der Waals surface area contributed by atoms with Crippen molar-refractivity contribution in [3.63, 3.8) is 0 Å². The van der Waals surface area contributed by atoms with E-state index in [1.807, 2.05) is 51.1 Å². The first kappa shape index (κ1) is 20.5. The molecule has 1 atom stereocenters. The van der Waals surface area contributed by atoms with Crippen molar-refractivity contribution in [3.05, 3.63) is 53.6 Å². The minimum Gasteiger partial charge on any atom is -0.477 e. The van der Waals surface area contributed by atoms with Crippen LogP contribution in [0.25, 0.3) is 0 Å². The monoisotopic (exact) mass is 374 g/mol. The number of nitrogens with zero attached hydrogens (tertiary/aromatic N) is 2. The van der Waals surface area contributed by atoms with E-state index in [9.17, 15) is 14.7 Å². The van der Waals surface area contributed by atoms with Crippen LogP contribution in [-0.2, 0) is 14.9 Å². The largest absolute Gasteiger partial charge is 0.508 e. The van der Waals surface area contributed by atoms with Gasteiger partial charge >= 0.3 is 12.1 Å². The van der Waals surface area contributed by atoms with Crippen LogP contribution in [0.4, 0.5) is 4.79 Å². The number of ether oxygens (including phenoxy) is 2. The minimum absolute atomic E-state index is 0.0101. The summed E-state index contributed by atoms with van der Waals surface area (Å²) < 4.78 is 11.9. The predicted octanol–water partition coefficient (Wildman–Crippen LogP) is 4.03. The van der Waals surface area contributed by atoms with Gasteiger partial charge in [-0.3, -0.25) is 0 Å². The maximum Gasteiger partial charge on any atom is 0.508 e. The molecule has 2 aromatic rings. The lowest BCUT2D eigenvalue weighted by molar-refractivity contribution is 0.0226. The number of hydrogen-bond donors (Lipinski definition) is 1. The van der Waals surface area contributed by atoms with Crippen LogP contribution >= 0.6 is 0 Å². The summed E-state index contributed by atoms with van der Waals surface area (Å²) in [6.45, 7) is 9.09. The van der Waals surface area contributed by atoms with Gasteiger partial charge in [0, 0.05) is 0 Å². The number of imidazole rings is 1. The molecule has 0 aliphatic heterocycles. The predicted molar refractivity (Wildman–Crippen MR) is 100 cm³/mol. The molecular weight excluding hydrogens is 348 g/mol. The maximum atomic E-state index is 11.7. The minimum atomic E-state index is -1.06. The van der Waals surface area contributed by atoms with Crippen LogP contribution in [0.15, 0.2) is 36.5 Å². The van der Waals surface area contributed by atoms with E-state index in [0.29, 0.717) is 5.82 Å². The van der Waals surface area contributed by atoms with Crippen molar-refractivity contribution in [2.45, 2.75) is 52.2 Å². The third-order valence-corrected chi connectivity index (χ3v) is 4.17. The standard InChI is InChI=1S/C20H26N2O5/c1-13(2)27-19(25)26-12-20(4,5)18-21-11-16(17(23)24)22(18)14(3)15-9-7-6-8-10-15/h6-11,13-14H,12H2,1-5H3,(H,23,24)/t14-/m1/s1. The molecule has 0 bridgehead atoms. The van der Waals surface area contributed by atoms with Gasteiger partial charge in [0.2, 0.25) is 0 Å². The fourth-order valence-corrected chi connectivity index (χ4v) is 2.82. The quantitative estimate of drug-likeness (QED) is 0.736. The van der Waals surface area contributed by atoms with Gasteiger partial charge in [0.15, 0.2) is 0 Å². The summed E-state index contributed by atoms with van der Waals surface area (Å²) in [5.74, 6) is -0.541. The number of hydrogen-bond acceptors (Lipinski definition) is 5. The Morgan fingerprint density at radius 1 is 1.19 bits per heavy atom. The first-order chi connectivity index (χ1) is 12.6. The van der Waals surface area contributed by atoms with Gasteiger partial charge in [0.25, 0.3) is 0 Å². The number of rotatable bonds is 7. The molecule has 0 unspecified atom stereocenters. The summed E-state index contributed by atoms with van der Waals surface area (Å²) >= 11 is 0. The molecule has 1 N–H and O–H groups in total. The third-order valence-electron chi connectivity index (χ3n) is 4.17. The first-order valence-corrected chi connectivity index (χ1v) is 8.83. The number of carbonyl (C=O) groups excluding carboxylic acids is 1. The molecule has 1 heterocycles. The van der Waals surface area contributed by atoms with Gasteiger partial charge in [-0.25, -0.2) is 14.6 Å². The Bertz CT molecular complexity index is 796. The molecule has 0 radical (unpaired) electrons. The molecule has 1 aromatic carbocycles. The van der Waals surface area contributed by atoms with Gasteiger partial charge in [-0.2, -0.15) is 0 Å². The molecule has 7 nitrogen and oxygen atoms in total. The number of benzene rings is 1. The fourth-order valence-electron chi connectivity index (χ4n) is 2.82. The highest BCUT2D eigenvalue weighted by Gasteiger charge is 2.33. The van der Waals surface area contributed by atoms with Gasteiger partial charge in [-0.1, -0.05) is 30.3 Å². The Morgan fingerprint density at radius 2 is 1.81 bits per heavy atom. The van der Waals surface area contributed by atoms with Crippen molar-refractivity contribution >= 4 is 12.1 Å². The second-order valence-corrected chi connectivity index (χ2v) is 7.32. The smallest absolute Gasteiger partial charge is 0.477 e. The van der Waals surface area contributed by atoms with E-state index >= 15 is 0 Å². The molecule has 27 heavy (non-hydrogen) atoms. The summed E-state index contributed by atoms with van der Waals surface area (Å²) in [7, 11) is 0. The van der Waals surface area contributed by atoms with Gasteiger partial charge in [-0.05, 0) is 40.2 Å². The summed E-state index contributed by atoms with van der Waals surface area (Å²) in [6, 6.07) is 9.32. The van der Waals surface area contributed by atoms with E-state index in [1.54, 1.807) is 18.4 Å². The summed E-state index contributed by atoms with van der Waals surface area (Å²) in [5.41, 5.74) is 0.321. The average Bonchev–Trinajstić information content (AvgIpc) is 3.06. The maximum absolute atomic E-state index is 11.7. The zero-order chi connectivity index (χ0) is 20.2.